The van der Waals surface area contributed by atoms with Crippen molar-refractivity contribution in [3.05, 3.63) is 48.0 Å². The maximum atomic E-state index is 12.0. The van der Waals surface area contributed by atoms with Gasteiger partial charge in [-0.1, -0.05) is 6.07 Å². The molecular weight excluding hydrogens is 507 g/mol. The highest BCUT2D eigenvalue weighted by atomic mass is 127. The molecule has 2 N–H and O–H groups in total. The van der Waals surface area contributed by atoms with Gasteiger partial charge < -0.3 is 24.9 Å². The van der Waals surface area contributed by atoms with Crippen molar-refractivity contribution in [1.29, 1.82) is 0 Å². The molecule has 0 atom stereocenters. The molecule has 0 aromatic carbocycles. The standard InChI is InChI=1S/C22H32N6O2.HI/c1-17-6-7-20(24-15-17)28-12-9-18(10-13-28)26-22(25-16-21(29)27(2)3)23-11-8-19-5-4-14-30-19;/h4-7,14-15,18H,8-13,16H2,1-3H3,(H2,23,25,26);1H. The molecule has 1 aliphatic rings. The van der Waals surface area contributed by atoms with E-state index in [2.05, 4.69) is 37.6 Å². The Kier molecular flexibility index (Phi) is 10.1. The van der Waals surface area contributed by atoms with Crippen LogP contribution in [-0.2, 0) is 11.2 Å². The minimum Gasteiger partial charge on any atom is -0.469 e. The van der Waals surface area contributed by atoms with Crippen LogP contribution < -0.4 is 15.5 Å². The van der Waals surface area contributed by atoms with Crippen molar-refractivity contribution in [2.45, 2.75) is 32.2 Å². The van der Waals surface area contributed by atoms with Crippen molar-refractivity contribution in [3.8, 4) is 0 Å². The Labute approximate surface area is 201 Å². The molecule has 2 aromatic heterocycles. The molecule has 0 unspecified atom stereocenters. The van der Waals surface area contributed by atoms with E-state index >= 15 is 0 Å². The van der Waals surface area contributed by atoms with Crippen molar-refractivity contribution in [3.63, 3.8) is 0 Å². The van der Waals surface area contributed by atoms with Gasteiger partial charge in [0.05, 0.1) is 6.26 Å². The Balaban J connectivity index is 0.00000341. The first-order valence-corrected chi connectivity index (χ1v) is 10.5. The van der Waals surface area contributed by atoms with Crippen LogP contribution in [-0.4, -0.2) is 68.1 Å². The van der Waals surface area contributed by atoms with Crippen molar-refractivity contribution in [1.82, 2.24) is 20.5 Å². The molecule has 8 nitrogen and oxygen atoms in total. The molecule has 31 heavy (non-hydrogen) atoms. The van der Waals surface area contributed by atoms with Crippen LogP contribution in [0.3, 0.4) is 0 Å². The fourth-order valence-electron chi connectivity index (χ4n) is 3.29. The van der Waals surface area contributed by atoms with Crippen molar-refractivity contribution >= 4 is 41.7 Å². The van der Waals surface area contributed by atoms with E-state index in [1.54, 1.807) is 25.3 Å². The number of aromatic nitrogens is 1. The molecule has 170 valence electrons. The minimum atomic E-state index is -0.0256. The smallest absolute Gasteiger partial charge is 0.243 e. The number of anilines is 1. The molecule has 0 bridgehead atoms. The number of aliphatic imine (C=N–C) groups is 1. The Bertz CT molecular complexity index is 815. The molecule has 3 heterocycles. The maximum Gasteiger partial charge on any atom is 0.243 e. The van der Waals surface area contributed by atoms with Crippen molar-refractivity contribution < 1.29 is 9.21 Å². The van der Waals surface area contributed by atoms with E-state index in [1.165, 1.54) is 5.56 Å². The van der Waals surface area contributed by atoms with Gasteiger partial charge in [-0.3, -0.25) is 4.79 Å². The summed E-state index contributed by atoms with van der Waals surface area (Å²) in [5.41, 5.74) is 1.17. The molecule has 1 amide bonds. The van der Waals surface area contributed by atoms with Crippen molar-refractivity contribution in [2.75, 3.05) is 45.2 Å². The maximum absolute atomic E-state index is 12.0. The predicted octanol–water partition coefficient (Wildman–Crippen LogP) is 2.44. The van der Waals surface area contributed by atoms with Crippen LogP contribution in [0.25, 0.3) is 0 Å². The first kappa shape index (κ1) is 25.0. The van der Waals surface area contributed by atoms with Crippen LogP contribution in [0.15, 0.2) is 46.1 Å². The third-order valence-electron chi connectivity index (χ3n) is 5.17. The second-order valence-corrected chi connectivity index (χ2v) is 7.81. The highest BCUT2D eigenvalue weighted by Crippen LogP contribution is 2.18. The second kappa shape index (κ2) is 12.5. The number of nitrogens with zero attached hydrogens (tertiary/aromatic N) is 4. The molecule has 1 fully saturated rings. The monoisotopic (exact) mass is 540 g/mol. The Morgan fingerprint density at radius 2 is 2.06 bits per heavy atom. The molecular formula is C22H33IN6O2. The van der Waals surface area contributed by atoms with Gasteiger partial charge in [0.15, 0.2) is 5.96 Å². The van der Waals surface area contributed by atoms with Gasteiger partial charge in [0.25, 0.3) is 0 Å². The number of likely N-dealkylation sites (N-methyl/N-ethyl adjacent to an activating group) is 1. The summed E-state index contributed by atoms with van der Waals surface area (Å²) in [6.45, 7) is 4.72. The van der Waals surface area contributed by atoms with Gasteiger partial charge in [-0.15, -0.1) is 24.0 Å². The van der Waals surface area contributed by atoms with Gasteiger partial charge in [0.2, 0.25) is 5.91 Å². The van der Waals surface area contributed by atoms with E-state index in [0.29, 0.717) is 18.5 Å². The summed E-state index contributed by atoms with van der Waals surface area (Å²) < 4.78 is 5.38. The predicted molar refractivity (Wildman–Crippen MR) is 134 cm³/mol. The molecule has 0 saturated carbocycles. The lowest BCUT2D eigenvalue weighted by Gasteiger charge is -2.34. The quantitative estimate of drug-likeness (QED) is 0.319. The third kappa shape index (κ3) is 8.04. The van der Waals surface area contributed by atoms with E-state index in [0.717, 1.165) is 43.9 Å². The number of halogens is 1. The highest BCUT2D eigenvalue weighted by Gasteiger charge is 2.21. The topological polar surface area (TPSA) is 86.0 Å². The SMILES string of the molecule is Cc1ccc(N2CCC(NC(=NCC(=O)N(C)C)NCCc3ccco3)CC2)nc1.I. The number of rotatable bonds is 7. The summed E-state index contributed by atoms with van der Waals surface area (Å²) in [5.74, 6) is 2.59. The van der Waals surface area contributed by atoms with E-state index in [1.807, 2.05) is 25.3 Å². The first-order chi connectivity index (χ1) is 14.5. The van der Waals surface area contributed by atoms with Crippen molar-refractivity contribution in [2.24, 2.45) is 4.99 Å². The van der Waals surface area contributed by atoms with Crippen LogP contribution in [0.5, 0.6) is 0 Å². The number of hydrogen-bond acceptors (Lipinski definition) is 5. The fraction of sp³-hybridized carbons (Fsp3) is 0.500. The lowest BCUT2D eigenvalue weighted by Crippen LogP contribution is -2.49. The normalized spacial score (nSPS) is 14.7. The number of piperidine rings is 1. The number of hydrogen-bond donors (Lipinski definition) is 2. The zero-order chi connectivity index (χ0) is 21.3. The third-order valence-corrected chi connectivity index (χ3v) is 5.17. The van der Waals surface area contributed by atoms with Crippen LogP contribution in [0, 0.1) is 6.92 Å². The van der Waals surface area contributed by atoms with Gasteiger partial charge in [-0.25, -0.2) is 9.98 Å². The average molecular weight is 540 g/mol. The van der Waals surface area contributed by atoms with E-state index in [-0.39, 0.29) is 36.4 Å². The van der Waals surface area contributed by atoms with E-state index < -0.39 is 0 Å². The van der Waals surface area contributed by atoms with E-state index in [9.17, 15) is 4.79 Å². The van der Waals surface area contributed by atoms with Crippen LogP contribution in [0.1, 0.15) is 24.2 Å². The van der Waals surface area contributed by atoms with E-state index in [4.69, 9.17) is 4.42 Å². The van der Waals surface area contributed by atoms with Crippen LogP contribution in [0.2, 0.25) is 0 Å². The lowest BCUT2D eigenvalue weighted by molar-refractivity contribution is -0.127. The molecule has 0 spiro atoms. The molecule has 9 heteroatoms. The largest absolute Gasteiger partial charge is 0.469 e. The summed E-state index contributed by atoms with van der Waals surface area (Å²) in [7, 11) is 3.48. The average Bonchev–Trinajstić information content (AvgIpc) is 3.26. The number of guanidine groups is 1. The molecule has 1 aliphatic heterocycles. The lowest BCUT2D eigenvalue weighted by atomic mass is 10.1. The number of nitrogens with one attached hydrogen (secondary N) is 2. The first-order valence-electron chi connectivity index (χ1n) is 10.5. The number of amides is 1. The van der Waals surface area contributed by atoms with Crippen LogP contribution >= 0.6 is 24.0 Å². The Morgan fingerprint density at radius 3 is 2.68 bits per heavy atom. The van der Waals surface area contributed by atoms with Gasteiger partial charge in [-0.05, 0) is 43.5 Å². The zero-order valence-corrected chi connectivity index (χ0v) is 20.8. The van der Waals surface area contributed by atoms with Gasteiger partial charge in [-0.2, -0.15) is 0 Å². The fourth-order valence-corrected chi connectivity index (χ4v) is 3.29. The molecule has 2 aromatic rings. The summed E-state index contributed by atoms with van der Waals surface area (Å²) >= 11 is 0. The minimum absolute atomic E-state index is 0. The number of aryl methyl sites for hydroxylation is 1. The molecule has 3 rings (SSSR count). The number of furan rings is 1. The van der Waals surface area contributed by atoms with Gasteiger partial charge >= 0.3 is 0 Å². The molecule has 0 aliphatic carbocycles. The molecule has 0 radical (unpaired) electrons. The summed E-state index contributed by atoms with van der Waals surface area (Å²) in [6, 6.07) is 8.32. The zero-order valence-electron chi connectivity index (χ0n) is 18.5. The van der Waals surface area contributed by atoms with Gasteiger partial charge in [0, 0.05) is 52.4 Å². The number of carbonyl (C=O) groups excluding carboxylic acids is 1. The Hall–Kier alpha value is -2.30. The summed E-state index contributed by atoms with van der Waals surface area (Å²) in [4.78, 5) is 24.9. The Morgan fingerprint density at radius 1 is 1.29 bits per heavy atom. The second-order valence-electron chi connectivity index (χ2n) is 7.81. The summed E-state index contributed by atoms with van der Waals surface area (Å²) in [6.07, 6.45) is 6.31. The number of pyridine rings is 1. The highest BCUT2D eigenvalue weighted by molar-refractivity contribution is 14.0. The molecule has 1 saturated heterocycles. The summed E-state index contributed by atoms with van der Waals surface area (Å²) in [5, 5.41) is 6.83. The van der Waals surface area contributed by atoms with Crippen LogP contribution in [0.4, 0.5) is 5.82 Å². The number of carbonyl (C=O) groups is 1. The van der Waals surface area contributed by atoms with Gasteiger partial charge in [0.1, 0.15) is 18.1 Å².